The molecular weight excluding hydrogens is 366 g/mol. The number of rotatable bonds is 7. The second-order valence-corrected chi connectivity index (χ2v) is 8.36. The summed E-state index contributed by atoms with van der Waals surface area (Å²) < 4.78 is 4.16. The first-order chi connectivity index (χ1) is 13.9. The van der Waals surface area contributed by atoms with E-state index in [9.17, 15) is 4.79 Å². The van der Waals surface area contributed by atoms with E-state index in [-0.39, 0.29) is 5.92 Å². The lowest BCUT2D eigenvalue weighted by atomic mass is 10.1. The molecule has 0 N–H and O–H groups in total. The van der Waals surface area contributed by atoms with Gasteiger partial charge >= 0.3 is 0 Å². The minimum Gasteiger partial charge on any atom is -0.337 e. The molecule has 0 aromatic carbocycles. The van der Waals surface area contributed by atoms with E-state index >= 15 is 0 Å². The molecule has 29 heavy (non-hydrogen) atoms. The zero-order valence-electron chi connectivity index (χ0n) is 18.3. The molecule has 0 atom stereocenters. The van der Waals surface area contributed by atoms with Crippen LogP contribution in [0, 0.1) is 5.92 Å². The van der Waals surface area contributed by atoms with Crippen LogP contribution in [-0.2, 0) is 32.0 Å². The van der Waals surface area contributed by atoms with E-state index in [0.29, 0.717) is 12.3 Å². The summed E-state index contributed by atoms with van der Waals surface area (Å²) in [7, 11) is 4.08. The van der Waals surface area contributed by atoms with Gasteiger partial charge in [-0.25, -0.2) is 9.97 Å². The first kappa shape index (κ1) is 21.7. The van der Waals surface area contributed by atoms with Crippen LogP contribution in [0.3, 0.4) is 0 Å². The molecule has 1 aliphatic heterocycles. The van der Waals surface area contributed by atoms with Crippen molar-refractivity contribution in [3.05, 3.63) is 36.4 Å². The molecule has 160 valence electrons. The third-order valence-electron chi connectivity index (χ3n) is 5.79. The highest BCUT2D eigenvalue weighted by Crippen LogP contribution is 2.09. The number of imidazole rings is 2. The molecule has 0 spiro atoms. The quantitative estimate of drug-likeness (QED) is 0.690. The molecule has 3 heterocycles. The van der Waals surface area contributed by atoms with Crippen LogP contribution in [0.2, 0.25) is 0 Å². The molecule has 3 rings (SSSR count). The number of ketones is 1. The Kier molecular flexibility index (Phi) is 7.57. The summed E-state index contributed by atoms with van der Waals surface area (Å²) in [4.78, 5) is 28.6. The van der Waals surface area contributed by atoms with Crippen molar-refractivity contribution in [3.63, 3.8) is 0 Å². The number of hydrogen-bond donors (Lipinski definition) is 0. The van der Waals surface area contributed by atoms with Crippen LogP contribution in [0.4, 0.5) is 0 Å². The topological polar surface area (TPSA) is 62.4 Å². The van der Waals surface area contributed by atoms with E-state index < -0.39 is 0 Å². The summed E-state index contributed by atoms with van der Waals surface area (Å²) in [6.07, 6.45) is 7.69. The SMILES string of the molecule is CC(C)C(=O)CN1CCN(Cc2nccn2C)CCN(Cc2nccn2C)CC1. The molecule has 1 aliphatic rings. The van der Waals surface area contributed by atoms with Crippen molar-refractivity contribution in [1.29, 1.82) is 0 Å². The summed E-state index contributed by atoms with van der Waals surface area (Å²) in [6.45, 7) is 11.8. The first-order valence-electron chi connectivity index (χ1n) is 10.5. The maximum Gasteiger partial charge on any atom is 0.149 e. The fourth-order valence-electron chi connectivity index (χ4n) is 3.56. The Morgan fingerprint density at radius 2 is 1.24 bits per heavy atom. The minimum absolute atomic E-state index is 0.0787. The van der Waals surface area contributed by atoms with Crippen LogP contribution in [0.1, 0.15) is 25.5 Å². The summed E-state index contributed by atoms with van der Waals surface area (Å²) in [5.41, 5.74) is 0. The normalized spacial score (nSPS) is 18.0. The van der Waals surface area contributed by atoms with Gasteiger partial charge in [-0.3, -0.25) is 19.5 Å². The maximum atomic E-state index is 12.4. The predicted octanol–water partition coefficient (Wildman–Crippen LogP) is 0.999. The second-order valence-electron chi connectivity index (χ2n) is 8.36. The lowest BCUT2D eigenvalue weighted by molar-refractivity contribution is -0.123. The summed E-state index contributed by atoms with van der Waals surface area (Å²) in [5.74, 6) is 2.54. The van der Waals surface area contributed by atoms with Gasteiger partial charge in [-0.1, -0.05) is 13.8 Å². The zero-order chi connectivity index (χ0) is 20.8. The average Bonchev–Trinajstić information content (AvgIpc) is 3.29. The van der Waals surface area contributed by atoms with Crippen molar-refractivity contribution in [1.82, 2.24) is 33.8 Å². The van der Waals surface area contributed by atoms with E-state index in [1.54, 1.807) is 0 Å². The first-order valence-corrected chi connectivity index (χ1v) is 10.5. The highest BCUT2D eigenvalue weighted by Gasteiger charge is 2.20. The van der Waals surface area contributed by atoms with Gasteiger partial charge in [0, 0.05) is 84.1 Å². The van der Waals surface area contributed by atoms with Crippen LogP contribution >= 0.6 is 0 Å². The summed E-state index contributed by atoms with van der Waals surface area (Å²) in [6, 6.07) is 0. The summed E-state index contributed by atoms with van der Waals surface area (Å²) >= 11 is 0. The lowest BCUT2D eigenvalue weighted by Gasteiger charge is -2.25. The van der Waals surface area contributed by atoms with Crippen molar-refractivity contribution < 1.29 is 4.79 Å². The molecular formula is C21H35N7O. The van der Waals surface area contributed by atoms with Gasteiger partial charge in [0.25, 0.3) is 0 Å². The van der Waals surface area contributed by atoms with Crippen molar-refractivity contribution in [2.45, 2.75) is 26.9 Å². The van der Waals surface area contributed by atoms with E-state index in [2.05, 4.69) is 33.8 Å². The highest BCUT2D eigenvalue weighted by molar-refractivity contribution is 5.82. The van der Waals surface area contributed by atoms with Crippen LogP contribution in [0.25, 0.3) is 0 Å². The molecule has 0 bridgehead atoms. The van der Waals surface area contributed by atoms with Crippen molar-refractivity contribution >= 4 is 5.78 Å². The number of aryl methyl sites for hydroxylation is 2. The molecule has 1 fully saturated rings. The largest absolute Gasteiger partial charge is 0.337 e. The predicted molar refractivity (Wildman–Crippen MR) is 113 cm³/mol. The summed E-state index contributed by atoms with van der Waals surface area (Å²) in [5, 5.41) is 0. The molecule has 0 amide bonds. The number of Topliss-reactive ketones (excluding diaryl/α,β-unsaturated/α-hetero) is 1. The van der Waals surface area contributed by atoms with E-state index in [4.69, 9.17) is 0 Å². The Morgan fingerprint density at radius 1 is 0.828 bits per heavy atom. The Balaban J connectivity index is 1.70. The number of aromatic nitrogens is 4. The van der Waals surface area contributed by atoms with Crippen molar-refractivity contribution in [2.75, 3.05) is 45.8 Å². The fourth-order valence-corrected chi connectivity index (χ4v) is 3.56. The molecule has 1 saturated heterocycles. The number of hydrogen-bond acceptors (Lipinski definition) is 6. The van der Waals surface area contributed by atoms with Gasteiger partial charge < -0.3 is 9.13 Å². The maximum absolute atomic E-state index is 12.4. The van der Waals surface area contributed by atoms with Crippen LogP contribution in [0.15, 0.2) is 24.8 Å². The van der Waals surface area contributed by atoms with Gasteiger partial charge in [0.15, 0.2) is 0 Å². The third kappa shape index (κ3) is 6.22. The van der Waals surface area contributed by atoms with Crippen LogP contribution < -0.4 is 0 Å². The van der Waals surface area contributed by atoms with E-state index in [1.807, 2.05) is 52.7 Å². The number of carbonyl (C=O) groups is 1. The Morgan fingerprint density at radius 3 is 1.59 bits per heavy atom. The molecule has 0 unspecified atom stereocenters. The van der Waals surface area contributed by atoms with Crippen molar-refractivity contribution in [3.8, 4) is 0 Å². The molecule has 0 saturated carbocycles. The molecule has 2 aromatic heterocycles. The van der Waals surface area contributed by atoms with Gasteiger partial charge in [0.1, 0.15) is 17.4 Å². The minimum atomic E-state index is 0.0787. The second kappa shape index (κ2) is 10.1. The monoisotopic (exact) mass is 401 g/mol. The molecule has 8 nitrogen and oxygen atoms in total. The zero-order valence-corrected chi connectivity index (χ0v) is 18.3. The average molecular weight is 402 g/mol. The number of nitrogens with zero attached hydrogens (tertiary/aromatic N) is 7. The smallest absolute Gasteiger partial charge is 0.149 e. The van der Waals surface area contributed by atoms with Gasteiger partial charge in [-0.2, -0.15) is 0 Å². The van der Waals surface area contributed by atoms with Gasteiger partial charge in [-0.05, 0) is 0 Å². The number of carbonyl (C=O) groups excluding carboxylic acids is 1. The van der Waals surface area contributed by atoms with Gasteiger partial charge in [-0.15, -0.1) is 0 Å². The van der Waals surface area contributed by atoms with Crippen molar-refractivity contribution in [2.24, 2.45) is 20.0 Å². The molecule has 2 aromatic rings. The molecule has 0 radical (unpaired) electrons. The fraction of sp³-hybridized carbons (Fsp3) is 0.667. The Hall–Kier alpha value is -2.03. The lowest BCUT2D eigenvalue weighted by Crippen LogP contribution is -2.40. The third-order valence-corrected chi connectivity index (χ3v) is 5.79. The molecule has 8 heteroatoms. The van der Waals surface area contributed by atoms with E-state index in [1.165, 1.54) is 0 Å². The van der Waals surface area contributed by atoms with Gasteiger partial charge in [0.2, 0.25) is 0 Å². The standard InChI is InChI=1S/C21H35N7O/c1-18(2)19(29)15-26-9-11-27(16-20-22-5-7-24(20)3)13-14-28(12-10-26)17-21-23-6-8-25(21)4/h5-8,18H,9-17H2,1-4H3. The van der Waals surface area contributed by atoms with E-state index in [0.717, 1.165) is 64.0 Å². The van der Waals surface area contributed by atoms with Gasteiger partial charge in [0.05, 0.1) is 19.6 Å². The Bertz CT molecular complexity index is 727. The molecule has 0 aliphatic carbocycles. The highest BCUT2D eigenvalue weighted by atomic mass is 16.1. The van der Waals surface area contributed by atoms with Crippen LogP contribution in [-0.4, -0.2) is 85.4 Å². The van der Waals surface area contributed by atoms with Crippen LogP contribution in [0.5, 0.6) is 0 Å². The Labute approximate surface area is 174 Å².